The smallest absolute Gasteiger partial charge is 0.271 e. The molecule has 0 saturated carbocycles. The maximum absolute atomic E-state index is 12.4. The Hall–Kier alpha value is -3.30. The molecule has 192 valence electrons. The summed E-state index contributed by atoms with van der Waals surface area (Å²) in [7, 11) is 0. The zero-order chi connectivity index (χ0) is 25.3. The lowest BCUT2D eigenvalue weighted by atomic mass is 10.1. The number of pyridine rings is 1. The number of benzene rings is 1. The van der Waals surface area contributed by atoms with Crippen LogP contribution in [0.1, 0.15) is 43.9 Å². The molecule has 9 nitrogen and oxygen atoms in total. The predicted molar refractivity (Wildman–Crippen MR) is 139 cm³/mol. The van der Waals surface area contributed by atoms with E-state index in [0.29, 0.717) is 25.3 Å². The molecule has 0 unspecified atom stereocenters. The van der Waals surface area contributed by atoms with Crippen molar-refractivity contribution < 1.29 is 19.8 Å². The van der Waals surface area contributed by atoms with Crippen LogP contribution in [-0.4, -0.2) is 69.8 Å². The zero-order valence-corrected chi connectivity index (χ0v) is 21.0. The molecule has 0 fully saturated rings. The second-order valence-corrected chi connectivity index (χ2v) is 9.41. The molecule has 0 aliphatic carbocycles. The number of nitrogens with zero attached hydrogens (tertiary/aromatic N) is 4. The minimum atomic E-state index is -0.470. The van der Waals surface area contributed by atoms with Gasteiger partial charge in [-0.1, -0.05) is 22.9 Å². The van der Waals surface area contributed by atoms with Crippen molar-refractivity contribution in [3.05, 3.63) is 54.0 Å². The van der Waals surface area contributed by atoms with Crippen LogP contribution in [0.2, 0.25) is 0 Å². The molecule has 0 bridgehead atoms. The molecule has 1 aliphatic heterocycles. The van der Waals surface area contributed by atoms with Gasteiger partial charge >= 0.3 is 0 Å². The summed E-state index contributed by atoms with van der Waals surface area (Å²) < 4.78 is 0.925. The number of anilines is 2. The van der Waals surface area contributed by atoms with Gasteiger partial charge in [0, 0.05) is 31.7 Å². The van der Waals surface area contributed by atoms with E-state index in [4.69, 9.17) is 4.98 Å². The molecule has 4 rings (SSSR count). The van der Waals surface area contributed by atoms with Crippen molar-refractivity contribution in [3.63, 3.8) is 0 Å². The second kappa shape index (κ2) is 12.6. The number of unbranched alkanes of at least 4 members (excludes halogenated alkanes) is 1. The number of aryl methyl sites for hydroxylation is 2. The van der Waals surface area contributed by atoms with E-state index in [1.165, 1.54) is 11.9 Å². The highest BCUT2D eigenvalue weighted by atomic mass is 16.5. The van der Waals surface area contributed by atoms with E-state index in [1.807, 2.05) is 24.3 Å². The van der Waals surface area contributed by atoms with Crippen LogP contribution in [0, 0.1) is 0 Å². The molecular weight excluding hydrogens is 456 g/mol. The Morgan fingerprint density at radius 1 is 1.19 bits per heavy atom. The fraction of sp³-hybridized carbons (Fsp3) is 0.481. The molecule has 1 aliphatic rings. The molecule has 3 heterocycles. The van der Waals surface area contributed by atoms with Gasteiger partial charge < -0.3 is 20.5 Å². The second-order valence-electron chi connectivity index (χ2n) is 9.41. The van der Waals surface area contributed by atoms with Gasteiger partial charge in [0.1, 0.15) is 11.9 Å². The summed E-state index contributed by atoms with van der Waals surface area (Å²) in [5, 5.41) is 27.3. The number of aliphatic hydroxyl groups is 1. The summed E-state index contributed by atoms with van der Waals surface area (Å²) in [5.74, 6) is 1.48. The van der Waals surface area contributed by atoms with Gasteiger partial charge in [0.25, 0.3) is 12.1 Å². The molecule has 1 aromatic carbocycles. The molecule has 1 atom stereocenters. The summed E-state index contributed by atoms with van der Waals surface area (Å²) >= 11 is 0. The van der Waals surface area contributed by atoms with Crippen LogP contribution in [0.3, 0.4) is 0 Å². The molecule has 0 spiro atoms. The number of nitrogens with one attached hydrogen (secondary N) is 2. The quantitative estimate of drug-likeness (QED) is 0.163. The molecule has 4 N–H and O–H groups in total. The third-order valence-corrected chi connectivity index (χ3v) is 6.76. The zero-order valence-electron chi connectivity index (χ0n) is 21.0. The summed E-state index contributed by atoms with van der Waals surface area (Å²) in [6.07, 6.45) is 7.06. The first-order valence-corrected chi connectivity index (χ1v) is 12.9. The van der Waals surface area contributed by atoms with Gasteiger partial charge in [0.2, 0.25) is 0 Å². The van der Waals surface area contributed by atoms with Gasteiger partial charge in [-0.15, -0.1) is 4.98 Å². The van der Waals surface area contributed by atoms with E-state index in [0.717, 1.165) is 72.3 Å². The Labute approximate surface area is 212 Å². The van der Waals surface area contributed by atoms with Crippen LogP contribution in [0.25, 0.3) is 10.9 Å². The van der Waals surface area contributed by atoms with Crippen molar-refractivity contribution >= 4 is 28.3 Å². The number of aliphatic hydroxyl groups excluding tert-OH is 1. The minimum Gasteiger partial charge on any atom is -0.395 e. The van der Waals surface area contributed by atoms with E-state index in [2.05, 4.69) is 32.7 Å². The number of hydrogen-bond acceptors (Lipinski definition) is 8. The molecule has 2 aromatic heterocycles. The number of para-hydroxylation sites is 1. The normalized spacial score (nSPS) is 13.9. The lowest BCUT2D eigenvalue weighted by Crippen LogP contribution is -2.41. The third kappa shape index (κ3) is 6.67. The first-order valence-electron chi connectivity index (χ1n) is 12.9. The monoisotopic (exact) mass is 493 g/mol. The van der Waals surface area contributed by atoms with Crippen LogP contribution < -0.4 is 15.4 Å². The lowest BCUT2D eigenvalue weighted by Gasteiger charge is -2.23. The van der Waals surface area contributed by atoms with Crippen molar-refractivity contribution in [3.8, 4) is 0 Å². The van der Waals surface area contributed by atoms with Gasteiger partial charge in [0.05, 0.1) is 12.0 Å². The lowest BCUT2D eigenvalue weighted by molar-refractivity contribution is -0.894. The highest BCUT2D eigenvalue weighted by molar-refractivity contribution is 5.90. The fourth-order valence-corrected chi connectivity index (χ4v) is 4.71. The number of ketones is 1. The number of hydrogen-bond donors (Lipinski definition) is 4. The Morgan fingerprint density at radius 2 is 2.06 bits per heavy atom. The van der Waals surface area contributed by atoms with Crippen LogP contribution >= 0.6 is 0 Å². The van der Waals surface area contributed by atoms with Crippen molar-refractivity contribution in [2.24, 2.45) is 0 Å². The Bertz CT molecular complexity index is 1170. The number of carbonyl (C=O) groups excluding carboxylic acids is 1. The molecule has 0 saturated heterocycles. The van der Waals surface area contributed by atoms with Gasteiger partial charge in [-0.2, -0.15) is 0 Å². The first kappa shape index (κ1) is 25.8. The van der Waals surface area contributed by atoms with Crippen molar-refractivity contribution in [1.82, 2.24) is 14.9 Å². The van der Waals surface area contributed by atoms with E-state index in [1.54, 1.807) is 6.92 Å². The average Bonchev–Trinajstić information content (AvgIpc) is 2.89. The highest BCUT2D eigenvalue weighted by Gasteiger charge is 2.23. The van der Waals surface area contributed by atoms with Crippen LogP contribution in [-0.2, 0) is 17.6 Å². The number of carbonyl (C=O) groups is 1. The predicted octanol–water partition coefficient (Wildman–Crippen LogP) is 2.59. The Kier molecular flexibility index (Phi) is 9.02. The summed E-state index contributed by atoms with van der Waals surface area (Å²) in [4.78, 5) is 23.6. The van der Waals surface area contributed by atoms with Crippen LogP contribution in [0.5, 0.6) is 0 Å². The summed E-state index contributed by atoms with van der Waals surface area (Å²) in [6.45, 7) is 4.68. The molecule has 9 heteroatoms. The largest absolute Gasteiger partial charge is 0.395 e. The number of fused-ring (bicyclic) bond motifs is 2. The fourth-order valence-electron chi connectivity index (χ4n) is 4.71. The molecule has 36 heavy (non-hydrogen) atoms. The molecule has 0 amide bonds. The van der Waals surface area contributed by atoms with Crippen LogP contribution in [0.4, 0.5) is 11.6 Å². The minimum absolute atomic E-state index is 0.00747. The van der Waals surface area contributed by atoms with Gasteiger partial charge in [-0.05, 0) is 69.3 Å². The van der Waals surface area contributed by atoms with Gasteiger partial charge in [0.15, 0.2) is 11.3 Å². The molecule has 0 radical (unpaired) electrons. The van der Waals surface area contributed by atoms with Gasteiger partial charge in [-0.25, -0.2) is 4.98 Å². The third-order valence-electron chi connectivity index (χ3n) is 6.76. The molecule has 3 aromatic rings. The number of aromatic nitrogens is 3. The van der Waals surface area contributed by atoms with E-state index in [-0.39, 0.29) is 12.4 Å². The summed E-state index contributed by atoms with van der Waals surface area (Å²) in [6, 6.07) is 11.3. The maximum atomic E-state index is 12.4. The number of rotatable bonds is 13. The van der Waals surface area contributed by atoms with Crippen molar-refractivity contribution in [2.45, 2.75) is 51.5 Å². The average molecular weight is 494 g/mol. The Balaban J connectivity index is 1.30. The molecular formula is C27H37N6O3+. The first-order chi connectivity index (χ1) is 17.5. The standard InChI is InChI=1S/C27H36N6O3/c1-20(35)24(31-27-23-9-2-3-10-25(23)29-19-33(27)36)13-16-32(17-18-34)15-5-4-8-22-12-11-21-7-6-14-28-26(21)30-22/h2-3,9-12,19,24,34,36H,4-8,13-18H2,1H3,(H,28,30)/p+1/t24-/m0/s1. The van der Waals surface area contributed by atoms with Crippen molar-refractivity contribution in [2.75, 3.05) is 43.4 Å². The van der Waals surface area contributed by atoms with Gasteiger partial charge in [-0.3, -0.25) is 10.1 Å². The maximum Gasteiger partial charge on any atom is 0.271 e. The topological polar surface area (TPSA) is 114 Å². The Morgan fingerprint density at radius 3 is 2.89 bits per heavy atom. The van der Waals surface area contributed by atoms with E-state index in [9.17, 15) is 15.1 Å². The van der Waals surface area contributed by atoms with Crippen LogP contribution in [0.15, 0.2) is 42.7 Å². The van der Waals surface area contributed by atoms with E-state index < -0.39 is 6.04 Å². The summed E-state index contributed by atoms with van der Waals surface area (Å²) in [5.41, 5.74) is 3.15. The van der Waals surface area contributed by atoms with E-state index >= 15 is 0 Å². The SMILES string of the molecule is CC(=O)[C@H](CCN(CCO)CCCCc1ccc2c(n1)NCCC2)Nc1c2ccccc2nc[n+]1O. The highest BCUT2D eigenvalue weighted by Crippen LogP contribution is 2.21. The number of Topliss-reactive ketones (excluding diaryl/α,β-unsaturated/α-hetero) is 1. The van der Waals surface area contributed by atoms with Crippen molar-refractivity contribution in [1.29, 1.82) is 0 Å².